The molecular weight excluding hydrogens is 323 g/mol. The van der Waals surface area contributed by atoms with Crippen LogP contribution in [0.15, 0.2) is 18.2 Å². The van der Waals surface area contributed by atoms with Gasteiger partial charge in [0.25, 0.3) is 0 Å². The van der Waals surface area contributed by atoms with Gasteiger partial charge in [-0.15, -0.1) is 11.3 Å². The number of anilines is 1. The van der Waals surface area contributed by atoms with Gasteiger partial charge in [-0.1, -0.05) is 0 Å². The Hall–Kier alpha value is -1.27. The molecule has 0 saturated carbocycles. The second-order valence-corrected chi connectivity index (χ2v) is 7.86. The molecule has 0 aliphatic heterocycles. The smallest absolute Gasteiger partial charge is 0.325 e. The van der Waals surface area contributed by atoms with Crippen molar-refractivity contribution in [3.63, 3.8) is 0 Å². The molecule has 0 radical (unpaired) electrons. The standard InChI is InChI=1S/C14H19N2O4PS/c1-4-19-21(18,20-5-2)9-14(17)16-11-6-7-13-12(8-11)15-10(3)22-13/h6-8H,4-5,9H2,1-3H3,(H,16,17). The number of benzene rings is 1. The summed E-state index contributed by atoms with van der Waals surface area (Å²) in [4.78, 5) is 16.4. The predicted octanol–water partition coefficient (Wildman–Crippen LogP) is 3.81. The maximum Gasteiger partial charge on any atom is 0.340 e. The van der Waals surface area contributed by atoms with Crippen molar-refractivity contribution in [2.24, 2.45) is 0 Å². The maximum absolute atomic E-state index is 12.3. The summed E-state index contributed by atoms with van der Waals surface area (Å²) < 4.78 is 23.6. The fourth-order valence-electron chi connectivity index (χ4n) is 2.02. The molecule has 0 bridgehead atoms. The van der Waals surface area contributed by atoms with Crippen molar-refractivity contribution in [1.29, 1.82) is 0 Å². The lowest BCUT2D eigenvalue weighted by atomic mass is 10.3. The third kappa shape index (κ3) is 4.36. The van der Waals surface area contributed by atoms with Crippen molar-refractivity contribution in [3.05, 3.63) is 23.2 Å². The molecule has 0 fully saturated rings. The topological polar surface area (TPSA) is 77.5 Å². The number of fused-ring (bicyclic) bond motifs is 1. The number of aromatic nitrogens is 1. The van der Waals surface area contributed by atoms with Gasteiger partial charge in [-0.3, -0.25) is 9.36 Å². The SMILES string of the molecule is CCOP(=O)(CC(=O)Nc1ccc2sc(C)nc2c1)OCC. The molecule has 1 amide bonds. The van der Waals surface area contributed by atoms with Crippen molar-refractivity contribution < 1.29 is 18.4 Å². The molecule has 2 rings (SSSR count). The van der Waals surface area contributed by atoms with Gasteiger partial charge in [-0.2, -0.15) is 0 Å². The van der Waals surface area contributed by atoms with E-state index in [1.807, 2.05) is 13.0 Å². The van der Waals surface area contributed by atoms with E-state index >= 15 is 0 Å². The first-order valence-electron chi connectivity index (χ1n) is 7.01. The van der Waals surface area contributed by atoms with Crippen LogP contribution in [0.4, 0.5) is 5.69 Å². The van der Waals surface area contributed by atoms with Crippen molar-refractivity contribution >= 4 is 40.7 Å². The van der Waals surface area contributed by atoms with Gasteiger partial charge >= 0.3 is 7.60 Å². The minimum absolute atomic E-state index is 0.231. The Labute approximate surface area is 133 Å². The zero-order valence-corrected chi connectivity index (χ0v) is 14.5. The zero-order valence-electron chi connectivity index (χ0n) is 12.8. The van der Waals surface area contributed by atoms with Gasteiger partial charge in [0.1, 0.15) is 6.16 Å². The molecule has 0 unspecified atom stereocenters. The molecule has 0 aliphatic rings. The van der Waals surface area contributed by atoms with Gasteiger partial charge in [0, 0.05) is 5.69 Å². The second-order valence-electron chi connectivity index (χ2n) is 4.57. The van der Waals surface area contributed by atoms with Crippen LogP contribution in [0.25, 0.3) is 10.2 Å². The van der Waals surface area contributed by atoms with Crippen LogP contribution in [0.5, 0.6) is 0 Å². The molecule has 0 aliphatic carbocycles. The summed E-state index contributed by atoms with van der Waals surface area (Å²) in [6, 6.07) is 5.49. The summed E-state index contributed by atoms with van der Waals surface area (Å²) in [5, 5.41) is 3.68. The Balaban J connectivity index is 2.07. The van der Waals surface area contributed by atoms with E-state index in [-0.39, 0.29) is 19.4 Å². The van der Waals surface area contributed by atoms with Crippen molar-refractivity contribution in [3.8, 4) is 0 Å². The molecule has 6 nitrogen and oxygen atoms in total. The van der Waals surface area contributed by atoms with E-state index in [0.29, 0.717) is 5.69 Å². The number of nitrogens with one attached hydrogen (secondary N) is 1. The van der Waals surface area contributed by atoms with Gasteiger partial charge in [0.2, 0.25) is 5.91 Å². The number of rotatable bonds is 7. The molecule has 0 spiro atoms. The average Bonchev–Trinajstić information content (AvgIpc) is 2.78. The molecule has 0 atom stereocenters. The zero-order chi connectivity index (χ0) is 16.2. The first-order valence-corrected chi connectivity index (χ1v) is 9.55. The number of hydrogen-bond donors (Lipinski definition) is 1. The van der Waals surface area contributed by atoms with Crippen LogP contribution in [0.1, 0.15) is 18.9 Å². The number of carbonyl (C=O) groups is 1. The number of carbonyl (C=O) groups excluding carboxylic acids is 1. The Morgan fingerprint density at radius 2 is 2.00 bits per heavy atom. The summed E-state index contributed by atoms with van der Waals surface area (Å²) in [5.41, 5.74) is 1.44. The van der Waals surface area contributed by atoms with Crippen LogP contribution in [-0.4, -0.2) is 30.3 Å². The number of amides is 1. The molecule has 22 heavy (non-hydrogen) atoms. The maximum atomic E-state index is 12.3. The van der Waals surface area contributed by atoms with E-state index in [9.17, 15) is 9.36 Å². The van der Waals surface area contributed by atoms with E-state index in [0.717, 1.165) is 15.2 Å². The number of hydrogen-bond acceptors (Lipinski definition) is 6. The van der Waals surface area contributed by atoms with Gasteiger partial charge < -0.3 is 14.4 Å². The molecular formula is C14H19N2O4PS. The molecule has 1 N–H and O–H groups in total. The molecule has 2 aromatic rings. The molecule has 1 heterocycles. The number of thiazole rings is 1. The average molecular weight is 342 g/mol. The monoisotopic (exact) mass is 342 g/mol. The van der Waals surface area contributed by atoms with Crippen LogP contribution >= 0.6 is 18.9 Å². The van der Waals surface area contributed by atoms with Crippen molar-refractivity contribution in [1.82, 2.24) is 4.98 Å². The van der Waals surface area contributed by atoms with E-state index in [4.69, 9.17) is 9.05 Å². The highest BCUT2D eigenvalue weighted by molar-refractivity contribution is 7.54. The predicted molar refractivity (Wildman–Crippen MR) is 88.7 cm³/mol. The van der Waals surface area contributed by atoms with Crippen LogP contribution in [0, 0.1) is 6.92 Å². The quantitative estimate of drug-likeness (QED) is 0.774. The second kappa shape index (κ2) is 7.33. The third-order valence-corrected chi connectivity index (χ3v) is 5.70. The van der Waals surface area contributed by atoms with Crippen molar-refractivity contribution in [2.45, 2.75) is 20.8 Å². The lowest BCUT2D eigenvalue weighted by Crippen LogP contribution is -2.18. The summed E-state index contributed by atoms with van der Waals surface area (Å²) >= 11 is 1.59. The normalized spacial score (nSPS) is 11.8. The number of nitrogens with zero attached hydrogens (tertiary/aromatic N) is 1. The van der Waals surface area contributed by atoms with Crippen LogP contribution < -0.4 is 5.32 Å². The highest BCUT2D eigenvalue weighted by atomic mass is 32.1. The Morgan fingerprint density at radius 1 is 1.32 bits per heavy atom. The highest BCUT2D eigenvalue weighted by Gasteiger charge is 2.27. The highest BCUT2D eigenvalue weighted by Crippen LogP contribution is 2.47. The molecule has 120 valence electrons. The van der Waals surface area contributed by atoms with E-state index in [1.165, 1.54) is 0 Å². The Kier molecular flexibility index (Phi) is 5.69. The largest absolute Gasteiger partial charge is 0.340 e. The molecule has 1 aromatic heterocycles. The fourth-order valence-corrected chi connectivity index (χ4v) is 4.30. The minimum Gasteiger partial charge on any atom is -0.325 e. The van der Waals surface area contributed by atoms with Gasteiger partial charge in [-0.05, 0) is 39.0 Å². The van der Waals surface area contributed by atoms with Crippen molar-refractivity contribution in [2.75, 3.05) is 24.7 Å². The first-order chi connectivity index (χ1) is 10.5. The summed E-state index contributed by atoms with van der Waals surface area (Å²) in [7, 11) is -3.38. The summed E-state index contributed by atoms with van der Waals surface area (Å²) in [6.45, 7) is 5.82. The molecule has 1 aromatic carbocycles. The van der Waals surface area contributed by atoms with E-state index in [2.05, 4.69) is 10.3 Å². The summed E-state index contributed by atoms with van der Waals surface area (Å²) in [6.07, 6.45) is -0.303. The van der Waals surface area contributed by atoms with Gasteiger partial charge in [0.15, 0.2) is 0 Å². The lowest BCUT2D eigenvalue weighted by molar-refractivity contribution is -0.114. The Bertz CT molecular complexity index is 706. The first kappa shape index (κ1) is 17.1. The molecule has 0 saturated heterocycles. The summed E-state index contributed by atoms with van der Waals surface area (Å²) in [5.74, 6) is -0.406. The van der Waals surface area contributed by atoms with E-state index in [1.54, 1.807) is 37.3 Å². The van der Waals surface area contributed by atoms with Gasteiger partial charge in [0.05, 0.1) is 28.4 Å². The molecule has 8 heteroatoms. The van der Waals surface area contributed by atoms with E-state index < -0.39 is 13.5 Å². The van der Waals surface area contributed by atoms with Gasteiger partial charge in [-0.25, -0.2) is 4.98 Å². The number of aryl methyl sites for hydroxylation is 1. The van der Waals surface area contributed by atoms with Crippen LogP contribution in [0.3, 0.4) is 0 Å². The lowest BCUT2D eigenvalue weighted by Gasteiger charge is -2.16. The third-order valence-electron chi connectivity index (χ3n) is 2.77. The van der Waals surface area contributed by atoms with Crippen LogP contribution in [0.2, 0.25) is 0 Å². The fraction of sp³-hybridized carbons (Fsp3) is 0.429. The minimum atomic E-state index is -3.38. The Morgan fingerprint density at radius 3 is 2.64 bits per heavy atom. The van der Waals surface area contributed by atoms with Crippen LogP contribution in [-0.2, 0) is 18.4 Å².